The largest absolute Gasteiger partial charge is 0.497 e. The van der Waals surface area contributed by atoms with Crippen molar-refractivity contribution in [3.05, 3.63) is 69.0 Å². The zero-order chi connectivity index (χ0) is 17.8. The number of nitrogens with zero attached hydrogens (tertiary/aromatic N) is 1. The van der Waals surface area contributed by atoms with Crippen molar-refractivity contribution >= 4 is 34.5 Å². The van der Waals surface area contributed by atoms with E-state index >= 15 is 0 Å². The Labute approximate surface area is 160 Å². The summed E-state index contributed by atoms with van der Waals surface area (Å²) in [6.07, 6.45) is 0. The minimum Gasteiger partial charge on any atom is -0.497 e. The summed E-state index contributed by atoms with van der Waals surface area (Å²) in [4.78, 5) is 0. The van der Waals surface area contributed by atoms with Gasteiger partial charge in [-0.3, -0.25) is 0 Å². The van der Waals surface area contributed by atoms with Crippen LogP contribution >= 0.6 is 34.5 Å². The summed E-state index contributed by atoms with van der Waals surface area (Å²) in [5, 5.41) is 12.9. The summed E-state index contributed by atoms with van der Waals surface area (Å²) in [5.74, 6) is 0.791. The van der Waals surface area contributed by atoms with Crippen LogP contribution in [0.1, 0.15) is 11.1 Å². The predicted octanol–water partition coefficient (Wildman–Crippen LogP) is 6.18. The number of nitriles is 1. The molecule has 126 valence electrons. The molecule has 1 heterocycles. The maximum absolute atomic E-state index is 9.54. The monoisotopic (exact) mass is 389 g/mol. The molecule has 25 heavy (non-hydrogen) atoms. The van der Waals surface area contributed by atoms with E-state index in [2.05, 4.69) is 6.07 Å². The maximum Gasteiger partial charge on any atom is 0.192 e. The lowest BCUT2D eigenvalue weighted by molar-refractivity contribution is 0.314. The number of rotatable bonds is 5. The van der Waals surface area contributed by atoms with E-state index in [1.807, 2.05) is 35.7 Å². The Kier molecular flexibility index (Phi) is 5.50. The normalized spacial score (nSPS) is 10.3. The molecule has 2 aromatic carbocycles. The molecule has 0 bridgehead atoms. The first-order valence-corrected chi connectivity index (χ1v) is 8.98. The van der Waals surface area contributed by atoms with Crippen LogP contribution in [0.3, 0.4) is 0 Å². The molecule has 3 aromatic rings. The number of thiophene rings is 1. The molecule has 0 radical (unpaired) electrons. The Hall–Kier alpha value is -2.19. The molecule has 6 heteroatoms. The number of hydrogen-bond donors (Lipinski definition) is 0. The molecule has 0 saturated heterocycles. The average molecular weight is 390 g/mol. The van der Waals surface area contributed by atoms with Crippen LogP contribution in [0, 0.1) is 11.3 Å². The molecule has 0 aliphatic rings. The highest BCUT2D eigenvalue weighted by Gasteiger charge is 2.15. The van der Waals surface area contributed by atoms with Gasteiger partial charge in [-0.05, 0) is 35.4 Å². The first kappa shape index (κ1) is 17.6. The van der Waals surface area contributed by atoms with Crippen molar-refractivity contribution in [2.75, 3.05) is 7.11 Å². The molecule has 3 nitrogen and oxygen atoms in total. The molecule has 0 fully saturated rings. The van der Waals surface area contributed by atoms with E-state index in [4.69, 9.17) is 32.7 Å². The van der Waals surface area contributed by atoms with Gasteiger partial charge >= 0.3 is 0 Å². The van der Waals surface area contributed by atoms with E-state index in [1.165, 1.54) is 11.3 Å². The SMILES string of the molecule is COc1ccc(COc2scc(-c3ccc(Cl)c(Cl)c3)c2C#N)cc1. The Balaban J connectivity index is 1.82. The molecular weight excluding hydrogens is 377 g/mol. The number of hydrogen-bond acceptors (Lipinski definition) is 4. The van der Waals surface area contributed by atoms with Crippen molar-refractivity contribution in [3.63, 3.8) is 0 Å². The van der Waals surface area contributed by atoms with E-state index in [-0.39, 0.29) is 0 Å². The van der Waals surface area contributed by atoms with Gasteiger partial charge in [0.25, 0.3) is 0 Å². The summed E-state index contributed by atoms with van der Waals surface area (Å²) in [6.45, 7) is 0.375. The van der Waals surface area contributed by atoms with Gasteiger partial charge in [0.15, 0.2) is 5.06 Å². The van der Waals surface area contributed by atoms with Crippen LogP contribution in [0.5, 0.6) is 10.8 Å². The van der Waals surface area contributed by atoms with Crippen LogP contribution in [0.2, 0.25) is 10.0 Å². The molecular formula is C19H13Cl2NO2S. The minimum atomic E-state index is 0.375. The van der Waals surface area contributed by atoms with Gasteiger partial charge in [-0.25, -0.2) is 0 Å². The topological polar surface area (TPSA) is 42.2 Å². The van der Waals surface area contributed by atoms with Crippen molar-refractivity contribution in [2.45, 2.75) is 6.61 Å². The average Bonchev–Trinajstić information content (AvgIpc) is 3.05. The third kappa shape index (κ3) is 3.91. The zero-order valence-electron chi connectivity index (χ0n) is 13.3. The molecule has 0 unspecified atom stereocenters. The van der Waals surface area contributed by atoms with Crippen molar-refractivity contribution in [1.29, 1.82) is 5.26 Å². The van der Waals surface area contributed by atoms with Gasteiger partial charge in [0, 0.05) is 10.9 Å². The smallest absolute Gasteiger partial charge is 0.192 e. The first-order valence-electron chi connectivity index (χ1n) is 7.35. The lowest BCUT2D eigenvalue weighted by Gasteiger charge is -2.06. The van der Waals surface area contributed by atoms with Crippen molar-refractivity contribution in [1.82, 2.24) is 0 Å². The van der Waals surface area contributed by atoms with Gasteiger partial charge in [0.2, 0.25) is 0 Å². The highest BCUT2D eigenvalue weighted by atomic mass is 35.5. The summed E-state index contributed by atoms with van der Waals surface area (Å²) in [7, 11) is 1.63. The maximum atomic E-state index is 9.54. The summed E-state index contributed by atoms with van der Waals surface area (Å²) >= 11 is 13.4. The second kappa shape index (κ2) is 7.79. The van der Waals surface area contributed by atoms with Crippen LogP contribution in [0.25, 0.3) is 11.1 Å². The quantitative estimate of drug-likeness (QED) is 0.522. The molecule has 0 amide bonds. The standard InChI is InChI=1S/C19H13Cl2NO2S/c1-23-14-5-2-12(3-6-14)10-24-19-15(9-22)16(11-25-19)13-4-7-17(20)18(21)8-13/h2-8,11H,10H2,1H3. The van der Waals surface area contributed by atoms with Crippen LogP contribution in [-0.4, -0.2) is 7.11 Å². The third-order valence-corrected chi connectivity index (χ3v) is 5.26. The van der Waals surface area contributed by atoms with E-state index in [0.29, 0.717) is 27.3 Å². The second-order valence-electron chi connectivity index (χ2n) is 5.19. The summed E-state index contributed by atoms with van der Waals surface area (Å²) < 4.78 is 11.0. The van der Waals surface area contributed by atoms with E-state index < -0.39 is 0 Å². The number of benzene rings is 2. The molecule has 0 N–H and O–H groups in total. The molecule has 0 aliphatic carbocycles. The van der Waals surface area contributed by atoms with E-state index in [1.54, 1.807) is 19.2 Å². The van der Waals surface area contributed by atoms with Crippen molar-refractivity contribution in [3.8, 4) is 28.0 Å². The van der Waals surface area contributed by atoms with Crippen LogP contribution < -0.4 is 9.47 Å². The molecule has 0 saturated carbocycles. The molecule has 0 atom stereocenters. The highest BCUT2D eigenvalue weighted by Crippen LogP contribution is 2.38. The van der Waals surface area contributed by atoms with Crippen molar-refractivity contribution in [2.24, 2.45) is 0 Å². The fourth-order valence-electron chi connectivity index (χ4n) is 2.30. The van der Waals surface area contributed by atoms with Crippen molar-refractivity contribution < 1.29 is 9.47 Å². The Morgan fingerprint density at radius 1 is 1.08 bits per heavy atom. The van der Waals surface area contributed by atoms with Gasteiger partial charge in [0.1, 0.15) is 24.0 Å². The van der Waals surface area contributed by atoms with Gasteiger partial charge < -0.3 is 9.47 Å². The third-order valence-electron chi connectivity index (χ3n) is 3.63. The zero-order valence-corrected chi connectivity index (χ0v) is 15.6. The first-order chi connectivity index (χ1) is 12.1. The van der Waals surface area contributed by atoms with E-state index in [0.717, 1.165) is 22.4 Å². The van der Waals surface area contributed by atoms with Gasteiger partial charge in [-0.1, -0.05) is 41.4 Å². The lowest BCUT2D eigenvalue weighted by Crippen LogP contribution is -1.95. The highest BCUT2D eigenvalue weighted by molar-refractivity contribution is 7.12. The van der Waals surface area contributed by atoms with Crippen LogP contribution in [0.4, 0.5) is 0 Å². The lowest BCUT2D eigenvalue weighted by atomic mass is 10.1. The number of methoxy groups -OCH3 is 1. The van der Waals surface area contributed by atoms with E-state index in [9.17, 15) is 5.26 Å². The van der Waals surface area contributed by atoms with Gasteiger partial charge in [-0.2, -0.15) is 5.26 Å². The Morgan fingerprint density at radius 3 is 2.48 bits per heavy atom. The van der Waals surface area contributed by atoms with Crippen LogP contribution in [-0.2, 0) is 6.61 Å². The molecule has 1 aromatic heterocycles. The second-order valence-corrected chi connectivity index (χ2v) is 6.85. The fourth-order valence-corrected chi connectivity index (χ4v) is 3.48. The number of ether oxygens (including phenoxy) is 2. The van der Waals surface area contributed by atoms with Crippen LogP contribution in [0.15, 0.2) is 47.8 Å². The minimum absolute atomic E-state index is 0.375. The Bertz CT molecular complexity index is 930. The fraction of sp³-hybridized carbons (Fsp3) is 0.105. The summed E-state index contributed by atoms with van der Waals surface area (Å²) in [5.41, 5.74) is 3.11. The number of halogens is 2. The summed E-state index contributed by atoms with van der Waals surface area (Å²) in [6, 6.07) is 15.1. The molecule has 3 rings (SSSR count). The molecule has 0 spiro atoms. The predicted molar refractivity (Wildman–Crippen MR) is 102 cm³/mol. The molecule has 0 aliphatic heterocycles. The Morgan fingerprint density at radius 2 is 1.84 bits per heavy atom. The van der Waals surface area contributed by atoms with Gasteiger partial charge in [0.05, 0.1) is 17.2 Å². The van der Waals surface area contributed by atoms with Gasteiger partial charge in [-0.15, -0.1) is 11.3 Å².